The summed E-state index contributed by atoms with van der Waals surface area (Å²) in [5, 5.41) is 18.1. The van der Waals surface area contributed by atoms with Gasteiger partial charge in [-0.05, 0) is 51.4 Å². The van der Waals surface area contributed by atoms with E-state index in [1.807, 2.05) is 19.1 Å². The third kappa shape index (κ3) is 26.6. The van der Waals surface area contributed by atoms with E-state index in [0.29, 0.717) is 19.3 Å². The zero-order chi connectivity index (χ0) is 31.3. The summed E-state index contributed by atoms with van der Waals surface area (Å²) in [6.45, 7) is 1.85. The van der Waals surface area contributed by atoms with Gasteiger partial charge in [-0.2, -0.15) is 0 Å². The summed E-state index contributed by atoms with van der Waals surface area (Å²) in [5.41, 5.74) is 0. The van der Waals surface area contributed by atoms with Gasteiger partial charge in [0, 0.05) is 12.8 Å². The number of aliphatic hydroxyl groups is 2. The molecule has 0 aliphatic carbocycles. The van der Waals surface area contributed by atoms with E-state index in [-0.39, 0.29) is 19.4 Å². The molecular weight excluding hydrogens is 563 g/mol. The van der Waals surface area contributed by atoms with Crippen LogP contribution in [0.1, 0.15) is 84.5 Å². The molecule has 0 heterocycles. The van der Waals surface area contributed by atoms with Gasteiger partial charge in [-0.1, -0.05) is 81.0 Å². The standard InChI is InChI=1S/C31H51O10P/c1-3-5-7-8-9-10-11-12-13-14-15-16-17-18-19-20-21-23-31(35)41-29(26-38-30(34)22-6-4-2)27-40-42(36,37)39-25-28(33)24-32/h5,7,9-10,12-13,15-16,18-19,28-29,32-33H,3-4,6,8,11,14,17,20-27H2,1-2H3,(H,36,37)/b7-5-,10-9-,13-12-,16-15-,19-18-. The van der Waals surface area contributed by atoms with Gasteiger partial charge in [-0.25, -0.2) is 4.57 Å². The third-order valence-corrected chi connectivity index (χ3v) is 6.39. The fraction of sp³-hybridized carbons (Fsp3) is 0.613. The largest absolute Gasteiger partial charge is 0.472 e. The molecule has 0 aromatic carbocycles. The highest BCUT2D eigenvalue weighted by Gasteiger charge is 2.27. The number of esters is 2. The molecule has 11 heteroatoms. The molecule has 0 aliphatic rings. The molecule has 42 heavy (non-hydrogen) atoms. The molecule has 0 bridgehead atoms. The van der Waals surface area contributed by atoms with Crippen LogP contribution in [0.4, 0.5) is 0 Å². The minimum Gasteiger partial charge on any atom is -0.462 e. The van der Waals surface area contributed by atoms with E-state index in [9.17, 15) is 24.2 Å². The van der Waals surface area contributed by atoms with Crippen molar-refractivity contribution in [1.29, 1.82) is 0 Å². The van der Waals surface area contributed by atoms with Crippen molar-refractivity contribution in [2.75, 3.05) is 26.4 Å². The van der Waals surface area contributed by atoms with Crippen LogP contribution in [0.3, 0.4) is 0 Å². The maximum absolute atomic E-state index is 12.3. The second kappa shape index (κ2) is 27.5. The van der Waals surface area contributed by atoms with Crippen LogP contribution >= 0.6 is 7.82 Å². The van der Waals surface area contributed by atoms with Crippen LogP contribution in [0.15, 0.2) is 60.8 Å². The molecule has 0 saturated carbocycles. The lowest BCUT2D eigenvalue weighted by Gasteiger charge is -2.20. The summed E-state index contributed by atoms with van der Waals surface area (Å²) < 4.78 is 31.9. The van der Waals surface area contributed by atoms with Crippen molar-refractivity contribution < 1.29 is 47.8 Å². The number of phosphoric ester groups is 1. The topological polar surface area (TPSA) is 149 Å². The van der Waals surface area contributed by atoms with Gasteiger partial charge in [0.05, 0.1) is 19.8 Å². The summed E-state index contributed by atoms with van der Waals surface area (Å²) in [5.74, 6) is -1.05. The second-order valence-corrected chi connectivity index (χ2v) is 10.8. The number of ether oxygens (including phenoxy) is 2. The fourth-order valence-corrected chi connectivity index (χ4v) is 3.91. The average molecular weight is 615 g/mol. The number of allylic oxidation sites excluding steroid dienone is 10. The Morgan fingerprint density at radius 3 is 1.81 bits per heavy atom. The number of aliphatic hydroxyl groups excluding tert-OH is 2. The van der Waals surface area contributed by atoms with E-state index >= 15 is 0 Å². The average Bonchev–Trinajstić information content (AvgIpc) is 2.97. The van der Waals surface area contributed by atoms with Crippen LogP contribution in [0.5, 0.6) is 0 Å². The molecule has 0 aromatic heterocycles. The monoisotopic (exact) mass is 614 g/mol. The van der Waals surface area contributed by atoms with E-state index in [4.69, 9.17) is 19.1 Å². The molecule has 0 amide bonds. The lowest BCUT2D eigenvalue weighted by Crippen LogP contribution is -2.29. The number of rotatable bonds is 26. The molecular formula is C31H51O10P. The molecule has 0 aromatic rings. The molecule has 3 atom stereocenters. The van der Waals surface area contributed by atoms with E-state index in [1.54, 1.807) is 0 Å². The molecule has 0 fully saturated rings. The molecule has 0 rings (SSSR count). The number of carbonyl (C=O) groups excluding carboxylic acids is 2. The predicted molar refractivity (Wildman–Crippen MR) is 163 cm³/mol. The first kappa shape index (κ1) is 39.7. The maximum atomic E-state index is 12.3. The Morgan fingerprint density at radius 2 is 1.26 bits per heavy atom. The zero-order valence-corrected chi connectivity index (χ0v) is 26.1. The molecule has 3 unspecified atom stereocenters. The summed E-state index contributed by atoms with van der Waals surface area (Å²) in [4.78, 5) is 33.9. The van der Waals surface area contributed by atoms with Gasteiger partial charge < -0.3 is 24.6 Å². The van der Waals surface area contributed by atoms with Crippen LogP contribution in [-0.2, 0) is 32.7 Å². The maximum Gasteiger partial charge on any atom is 0.472 e. The van der Waals surface area contributed by atoms with Crippen LogP contribution in [0, 0.1) is 0 Å². The molecule has 10 nitrogen and oxygen atoms in total. The van der Waals surface area contributed by atoms with E-state index in [1.165, 1.54) is 0 Å². The SMILES string of the molecule is CC/C=C\C/C=C\C/C=C\C/C=C\C/C=C\CCCC(=O)OC(COC(=O)CCCC)COP(=O)(O)OCC(O)CO. The lowest BCUT2D eigenvalue weighted by molar-refractivity contribution is -0.161. The van der Waals surface area contributed by atoms with Crippen LogP contribution in [0.25, 0.3) is 0 Å². The van der Waals surface area contributed by atoms with Crippen molar-refractivity contribution in [3.05, 3.63) is 60.8 Å². The highest BCUT2D eigenvalue weighted by atomic mass is 31.2. The zero-order valence-electron chi connectivity index (χ0n) is 25.2. The Balaban J connectivity index is 4.40. The highest BCUT2D eigenvalue weighted by molar-refractivity contribution is 7.47. The molecule has 0 spiro atoms. The first-order chi connectivity index (χ1) is 20.2. The van der Waals surface area contributed by atoms with Crippen molar-refractivity contribution in [1.82, 2.24) is 0 Å². The van der Waals surface area contributed by atoms with Gasteiger partial charge in [0.15, 0.2) is 6.10 Å². The van der Waals surface area contributed by atoms with Gasteiger partial charge in [-0.15, -0.1) is 0 Å². The highest BCUT2D eigenvalue weighted by Crippen LogP contribution is 2.43. The van der Waals surface area contributed by atoms with Gasteiger partial charge in [-0.3, -0.25) is 18.6 Å². The van der Waals surface area contributed by atoms with E-state index in [0.717, 1.165) is 38.5 Å². The smallest absolute Gasteiger partial charge is 0.462 e. The summed E-state index contributed by atoms with van der Waals surface area (Å²) in [7, 11) is -4.60. The number of unbranched alkanes of at least 4 members (excludes halogenated alkanes) is 2. The van der Waals surface area contributed by atoms with Crippen molar-refractivity contribution in [2.45, 2.75) is 96.7 Å². The summed E-state index contributed by atoms with van der Waals surface area (Å²) >= 11 is 0. The van der Waals surface area contributed by atoms with Crippen molar-refractivity contribution in [3.8, 4) is 0 Å². The quantitative estimate of drug-likeness (QED) is 0.0456. The molecule has 240 valence electrons. The molecule has 0 radical (unpaired) electrons. The Kier molecular flexibility index (Phi) is 26.0. The Morgan fingerprint density at radius 1 is 0.738 bits per heavy atom. The fourth-order valence-electron chi connectivity index (χ4n) is 3.12. The number of carbonyl (C=O) groups is 2. The summed E-state index contributed by atoms with van der Waals surface area (Å²) in [6.07, 6.45) is 26.3. The summed E-state index contributed by atoms with van der Waals surface area (Å²) in [6, 6.07) is 0. The Labute approximate surface area is 251 Å². The van der Waals surface area contributed by atoms with Gasteiger partial charge in [0.25, 0.3) is 0 Å². The van der Waals surface area contributed by atoms with Crippen molar-refractivity contribution in [3.63, 3.8) is 0 Å². The van der Waals surface area contributed by atoms with Gasteiger partial charge >= 0.3 is 19.8 Å². The predicted octanol–water partition coefficient (Wildman–Crippen LogP) is 6.04. The van der Waals surface area contributed by atoms with Crippen LogP contribution in [-0.4, -0.2) is 65.7 Å². The minimum absolute atomic E-state index is 0.102. The lowest BCUT2D eigenvalue weighted by atomic mass is 10.2. The van der Waals surface area contributed by atoms with Crippen molar-refractivity contribution in [2.24, 2.45) is 0 Å². The Hall–Kier alpha value is -2.33. The van der Waals surface area contributed by atoms with Crippen LogP contribution < -0.4 is 0 Å². The first-order valence-corrected chi connectivity index (χ1v) is 16.2. The number of hydrogen-bond acceptors (Lipinski definition) is 9. The van der Waals surface area contributed by atoms with Gasteiger partial charge in [0.2, 0.25) is 0 Å². The van der Waals surface area contributed by atoms with E-state index < -0.39 is 51.8 Å². The Bertz CT molecular complexity index is 894. The molecule has 0 aliphatic heterocycles. The minimum atomic E-state index is -4.60. The number of hydrogen-bond donors (Lipinski definition) is 3. The van der Waals surface area contributed by atoms with Gasteiger partial charge in [0.1, 0.15) is 12.7 Å². The van der Waals surface area contributed by atoms with E-state index in [2.05, 4.69) is 60.1 Å². The molecule has 3 N–H and O–H groups in total. The first-order valence-electron chi connectivity index (χ1n) is 14.7. The van der Waals surface area contributed by atoms with Crippen molar-refractivity contribution >= 4 is 19.8 Å². The number of phosphoric acid groups is 1. The van der Waals surface area contributed by atoms with Crippen LogP contribution in [0.2, 0.25) is 0 Å². The third-order valence-electron chi connectivity index (χ3n) is 5.44. The molecule has 0 saturated heterocycles. The normalized spacial score (nSPS) is 15.3. The second-order valence-electron chi connectivity index (χ2n) is 9.40.